The number of benzene rings is 3. The molecule has 166 valence electrons. The molecule has 0 aromatic heterocycles. The third kappa shape index (κ3) is 6.57. The van der Waals surface area contributed by atoms with E-state index in [4.69, 9.17) is 16.3 Å². The Labute approximate surface area is 203 Å². The third-order valence-corrected chi connectivity index (χ3v) is 5.55. The SMILES string of the molecule is O=C(N/N=C\c1cc(Cl)c(OCc2ccc(Br)cc2)c(Br)c1)c1cccc(C(F)(F)F)c1. The van der Waals surface area contributed by atoms with Gasteiger partial charge in [0.15, 0.2) is 5.75 Å². The Balaban J connectivity index is 1.65. The van der Waals surface area contributed by atoms with E-state index in [-0.39, 0.29) is 5.56 Å². The fourth-order valence-corrected chi connectivity index (χ4v) is 3.85. The molecule has 0 radical (unpaired) electrons. The molecule has 0 spiro atoms. The molecule has 1 amide bonds. The van der Waals surface area contributed by atoms with Crippen LogP contribution in [0, 0.1) is 0 Å². The van der Waals surface area contributed by atoms with Gasteiger partial charge in [0.05, 0.1) is 21.3 Å². The summed E-state index contributed by atoms with van der Waals surface area (Å²) in [5.74, 6) is -0.327. The maximum absolute atomic E-state index is 12.8. The molecule has 0 bridgehead atoms. The van der Waals surface area contributed by atoms with Gasteiger partial charge in [0.1, 0.15) is 6.61 Å². The second kappa shape index (κ2) is 10.5. The van der Waals surface area contributed by atoms with Crippen molar-refractivity contribution >= 4 is 55.6 Å². The number of hydrogen-bond donors (Lipinski definition) is 1. The van der Waals surface area contributed by atoms with Crippen LogP contribution in [0.1, 0.15) is 27.0 Å². The van der Waals surface area contributed by atoms with Gasteiger partial charge in [-0.25, -0.2) is 5.43 Å². The average Bonchev–Trinajstić information content (AvgIpc) is 2.74. The van der Waals surface area contributed by atoms with Crippen molar-refractivity contribution in [2.45, 2.75) is 12.8 Å². The summed E-state index contributed by atoms with van der Waals surface area (Å²) < 4.78 is 45.7. The Morgan fingerprint density at radius 3 is 2.47 bits per heavy atom. The van der Waals surface area contributed by atoms with Gasteiger partial charge < -0.3 is 4.74 Å². The zero-order valence-corrected chi connectivity index (χ0v) is 20.0. The fourth-order valence-electron chi connectivity index (χ4n) is 2.59. The van der Waals surface area contributed by atoms with E-state index in [1.807, 2.05) is 24.3 Å². The van der Waals surface area contributed by atoms with Gasteiger partial charge in [-0.3, -0.25) is 4.79 Å². The highest BCUT2D eigenvalue weighted by Crippen LogP contribution is 2.35. The van der Waals surface area contributed by atoms with Gasteiger partial charge in [-0.2, -0.15) is 18.3 Å². The topological polar surface area (TPSA) is 50.7 Å². The quantitative estimate of drug-likeness (QED) is 0.243. The van der Waals surface area contributed by atoms with Crippen molar-refractivity contribution in [3.8, 4) is 5.75 Å². The van der Waals surface area contributed by atoms with Gasteiger partial charge in [0, 0.05) is 10.0 Å². The predicted molar refractivity (Wildman–Crippen MR) is 124 cm³/mol. The van der Waals surface area contributed by atoms with Crippen molar-refractivity contribution in [2.24, 2.45) is 5.10 Å². The summed E-state index contributed by atoms with van der Waals surface area (Å²) in [5.41, 5.74) is 2.63. The summed E-state index contributed by atoms with van der Waals surface area (Å²) in [6, 6.07) is 15.0. The van der Waals surface area contributed by atoms with E-state index >= 15 is 0 Å². The molecule has 10 heteroatoms. The number of carbonyl (C=O) groups excluding carboxylic acids is 1. The monoisotopic (exact) mass is 588 g/mol. The largest absolute Gasteiger partial charge is 0.486 e. The number of nitrogens with one attached hydrogen (secondary N) is 1. The van der Waals surface area contributed by atoms with E-state index < -0.39 is 17.6 Å². The Bertz CT molecular complexity index is 1130. The summed E-state index contributed by atoms with van der Waals surface area (Å²) in [6.45, 7) is 0.312. The lowest BCUT2D eigenvalue weighted by atomic mass is 10.1. The predicted octanol–water partition coefficient (Wildman–Crippen LogP) is 7.23. The second-order valence-electron chi connectivity index (χ2n) is 6.51. The minimum Gasteiger partial charge on any atom is -0.486 e. The molecular formula is C22H14Br2ClF3N2O2. The van der Waals surface area contributed by atoms with Crippen molar-refractivity contribution in [3.63, 3.8) is 0 Å². The van der Waals surface area contributed by atoms with Crippen molar-refractivity contribution in [3.05, 3.63) is 96.9 Å². The van der Waals surface area contributed by atoms with Crippen molar-refractivity contribution in [2.75, 3.05) is 0 Å². The molecule has 0 aliphatic heterocycles. The van der Waals surface area contributed by atoms with Crippen LogP contribution in [-0.2, 0) is 12.8 Å². The number of amides is 1. The molecule has 0 aliphatic rings. The highest BCUT2D eigenvalue weighted by atomic mass is 79.9. The van der Waals surface area contributed by atoms with Crippen LogP contribution in [0.3, 0.4) is 0 Å². The normalized spacial score (nSPS) is 11.6. The molecule has 3 aromatic rings. The van der Waals surface area contributed by atoms with E-state index in [0.717, 1.165) is 28.2 Å². The van der Waals surface area contributed by atoms with Gasteiger partial charge in [-0.1, -0.05) is 45.7 Å². The van der Waals surface area contributed by atoms with Crippen LogP contribution in [-0.4, -0.2) is 12.1 Å². The first-order chi connectivity index (χ1) is 15.1. The zero-order valence-electron chi connectivity index (χ0n) is 16.1. The molecule has 3 aromatic carbocycles. The van der Waals surface area contributed by atoms with Crippen LogP contribution in [0.15, 0.2) is 74.7 Å². The van der Waals surface area contributed by atoms with E-state index in [2.05, 4.69) is 42.4 Å². The summed E-state index contributed by atoms with van der Waals surface area (Å²) in [4.78, 5) is 12.1. The van der Waals surface area contributed by atoms with E-state index in [0.29, 0.717) is 27.4 Å². The number of carbonyl (C=O) groups is 1. The molecule has 0 saturated carbocycles. The van der Waals surface area contributed by atoms with E-state index in [1.165, 1.54) is 12.3 Å². The number of ether oxygens (including phenoxy) is 1. The molecule has 32 heavy (non-hydrogen) atoms. The molecule has 0 fully saturated rings. The number of rotatable bonds is 6. The van der Waals surface area contributed by atoms with Crippen molar-refractivity contribution in [1.29, 1.82) is 0 Å². The first-order valence-corrected chi connectivity index (χ1v) is 11.0. The van der Waals surface area contributed by atoms with Crippen molar-refractivity contribution in [1.82, 2.24) is 5.43 Å². The first kappa shape index (κ1) is 24.3. The standard InChI is InChI=1S/C22H14Br2ClF3N2O2/c23-17-6-4-13(5-7-17)12-32-20-18(24)8-14(9-19(20)25)11-29-30-21(31)15-2-1-3-16(10-15)22(26,27)28/h1-11H,12H2,(H,30,31)/b29-11-. The molecule has 1 N–H and O–H groups in total. The average molecular weight is 591 g/mol. The number of hydrogen-bond acceptors (Lipinski definition) is 3. The first-order valence-electron chi connectivity index (χ1n) is 9.00. The highest BCUT2D eigenvalue weighted by molar-refractivity contribution is 9.10. The number of alkyl halides is 3. The molecule has 0 saturated heterocycles. The minimum atomic E-state index is -4.54. The highest BCUT2D eigenvalue weighted by Gasteiger charge is 2.30. The van der Waals surface area contributed by atoms with Crippen LogP contribution in [0.4, 0.5) is 13.2 Å². The van der Waals surface area contributed by atoms with E-state index in [1.54, 1.807) is 12.1 Å². The maximum Gasteiger partial charge on any atom is 0.416 e. The zero-order chi connectivity index (χ0) is 23.3. The van der Waals surface area contributed by atoms with Crippen LogP contribution in [0.5, 0.6) is 5.75 Å². The maximum atomic E-state index is 12.8. The molecule has 4 nitrogen and oxygen atoms in total. The summed E-state index contributed by atoms with van der Waals surface area (Å²) in [5, 5.41) is 4.11. The van der Waals surface area contributed by atoms with Crippen LogP contribution in [0.25, 0.3) is 0 Å². The Morgan fingerprint density at radius 2 is 1.81 bits per heavy atom. The van der Waals surface area contributed by atoms with Crippen LogP contribution in [0.2, 0.25) is 5.02 Å². The molecule has 0 unspecified atom stereocenters. The number of nitrogens with zero attached hydrogens (tertiary/aromatic N) is 1. The van der Waals surface area contributed by atoms with Gasteiger partial charge in [0.2, 0.25) is 0 Å². The van der Waals surface area contributed by atoms with Crippen LogP contribution >= 0.6 is 43.5 Å². The smallest absolute Gasteiger partial charge is 0.416 e. The Hall–Kier alpha value is -2.36. The molecule has 3 rings (SSSR count). The molecule has 0 heterocycles. The number of hydrazone groups is 1. The van der Waals surface area contributed by atoms with Gasteiger partial charge >= 0.3 is 6.18 Å². The lowest BCUT2D eigenvalue weighted by Gasteiger charge is -2.11. The summed E-state index contributed by atoms with van der Waals surface area (Å²) in [6.07, 6.45) is -3.22. The summed E-state index contributed by atoms with van der Waals surface area (Å²) >= 11 is 13.1. The van der Waals surface area contributed by atoms with E-state index in [9.17, 15) is 18.0 Å². The second-order valence-corrected chi connectivity index (χ2v) is 8.68. The fraction of sp³-hybridized carbons (Fsp3) is 0.0909. The van der Waals surface area contributed by atoms with Gasteiger partial charge in [0.25, 0.3) is 5.91 Å². The van der Waals surface area contributed by atoms with Gasteiger partial charge in [-0.15, -0.1) is 0 Å². The van der Waals surface area contributed by atoms with Gasteiger partial charge in [-0.05, 0) is 69.5 Å². The van der Waals surface area contributed by atoms with Crippen molar-refractivity contribution < 1.29 is 22.7 Å². The lowest BCUT2D eigenvalue weighted by Crippen LogP contribution is -2.18. The minimum absolute atomic E-state index is 0.159. The number of halogens is 6. The van der Waals surface area contributed by atoms with Crippen LogP contribution < -0.4 is 10.2 Å². The molecule has 0 atom stereocenters. The summed E-state index contributed by atoms with van der Waals surface area (Å²) in [7, 11) is 0. The third-order valence-electron chi connectivity index (χ3n) is 4.15. The Kier molecular flexibility index (Phi) is 7.97. The Morgan fingerprint density at radius 1 is 1.09 bits per heavy atom. The lowest BCUT2D eigenvalue weighted by molar-refractivity contribution is -0.137. The molecule has 0 aliphatic carbocycles. The molecular weight excluding hydrogens is 577 g/mol.